The molecule has 0 aliphatic heterocycles. The number of carbonyl (C=O) groups excluding carboxylic acids is 1. The van der Waals surface area contributed by atoms with E-state index in [2.05, 4.69) is 15.0 Å². The van der Waals surface area contributed by atoms with E-state index in [9.17, 15) is 4.79 Å². The third-order valence-corrected chi connectivity index (χ3v) is 4.96. The quantitative estimate of drug-likeness (QED) is 0.168. The van der Waals surface area contributed by atoms with Crippen molar-refractivity contribution in [2.45, 2.75) is 45.9 Å². The van der Waals surface area contributed by atoms with Gasteiger partial charge < -0.3 is 34.0 Å². The van der Waals surface area contributed by atoms with E-state index in [1.54, 1.807) is 6.33 Å². The number of allylic oxidation sites excluding steroid dienone is 1. The van der Waals surface area contributed by atoms with E-state index in [0.717, 1.165) is 5.56 Å². The number of fused-ring (bicyclic) bond motifs is 1. The molecule has 0 saturated heterocycles. The van der Waals surface area contributed by atoms with Gasteiger partial charge in [0, 0.05) is 6.54 Å². The lowest BCUT2D eigenvalue weighted by Gasteiger charge is -2.19. The number of esters is 1. The molecular weight excluding hydrogens is 490 g/mol. The van der Waals surface area contributed by atoms with Gasteiger partial charge in [-0.2, -0.15) is 9.97 Å². The normalized spacial score (nSPS) is 11.9. The molecule has 206 valence electrons. The van der Waals surface area contributed by atoms with E-state index in [1.807, 2.05) is 67.8 Å². The van der Waals surface area contributed by atoms with Crippen molar-refractivity contribution in [3.8, 4) is 5.88 Å². The van der Waals surface area contributed by atoms with Gasteiger partial charge in [0.1, 0.15) is 12.2 Å². The number of ether oxygens (including phenoxy) is 5. The number of rotatable bonds is 16. The molecule has 3 aromatic rings. The number of benzene rings is 1. The van der Waals surface area contributed by atoms with Crippen LogP contribution in [0.15, 0.2) is 48.8 Å². The largest absolute Gasteiger partial charge is 0.471 e. The maximum absolute atomic E-state index is 11.6. The molecule has 1 aromatic carbocycles. The molecule has 0 spiro atoms. The van der Waals surface area contributed by atoms with E-state index < -0.39 is 5.60 Å². The Bertz CT molecular complexity index is 1160. The first-order valence-electron chi connectivity index (χ1n) is 12.6. The zero-order valence-corrected chi connectivity index (χ0v) is 22.3. The van der Waals surface area contributed by atoms with Crippen molar-refractivity contribution in [1.29, 1.82) is 0 Å². The Balaban J connectivity index is 1.28. The number of carbonyl (C=O) groups is 1. The minimum atomic E-state index is -0.477. The average molecular weight is 528 g/mol. The Morgan fingerprint density at radius 2 is 1.68 bits per heavy atom. The van der Waals surface area contributed by atoms with Gasteiger partial charge in [0.05, 0.1) is 52.4 Å². The van der Waals surface area contributed by atoms with Gasteiger partial charge in [0.25, 0.3) is 0 Å². The zero-order chi connectivity index (χ0) is 27.2. The Kier molecular flexibility index (Phi) is 11.5. The van der Waals surface area contributed by atoms with Crippen LogP contribution in [0.1, 0.15) is 32.8 Å². The van der Waals surface area contributed by atoms with Gasteiger partial charge >= 0.3 is 5.97 Å². The summed E-state index contributed by atoms with van der Waals surface area (Å²) in [5.74, 6) is 0.218. The summed E-state index contributed by atoms with van der Waals surface area (Å²) in [7, 11) is 0. The third-order valence-electron chi connectivity index (χ3n) is 4.96. The van der Waals surface area contributed by atoms with Crippen molar-refractivity contribution in [2.75, 3.05) is 45.4 Å². The maximum atomic E-state index is 11.6. The number of nitrogens with two attached hydrogens (primary N) is 1. The minimum Gasteiger partial charge on any atom is -0.471 e. The van der Waals surface area contributed by atoms with Crippen LogP contribution in [0.3, 0.4) is 0 Å². The fraction of sp³-hybridized carbons (Fsp3) is 0.481. The van der Waals surface area contributed by atoms with E-state index in [1.165, 1.54) is 0 Å². The van der Waals surface area contributed by atoms with E-state index in [-0.39, 0.29) is 18.3 Å². The van der Waals surface area contributed by atoms with Gasteiger partial charge in [-0.3, -0.25) is 4.79 Å². The molecule has 11 heteroatoms. The molecule has 0 aliphatic carbocycles. The van der Waals surface area contributed by atoms with Crippen LogP contribution in [0.25, 0.3) is 11.2 Å². The number of nitrogens with zero attached hydrogens (tertiary/aromatic N) is 4. The lowest BCUT2D eigenvalue weighted by Crippen LogP contribution is -2.24. The number of hydrogen-bond donors (Lipinski definition) is 1. The summed E-state index contributed by atoms with van der Waals surface area (Å²) in [4.78, 5) is 24.5. The van der Waals surface area contributed by atoms with Crippen molar-refractivity contribution >= 4 is 23.1 Å². The molecule has 38 heavy (non-hydrogen) atoms. The van der Waals surface area contributed by atoms with E-state index >= 15 is 0 Å². The second-order valence-corrected chi connectivity index (χ2v) is 9.34. The second kappa shape index (κ2) is 15.0. The molecule has 0 amide bonds. The Morgan fingerprint density at radius 1 is 0.974 bits per heavy atom. The Morgan fingerprint density at radius 3 is 2.42 bits per heavy atom. The molecule has 11 nitrogen and oxygen atoms in total. The highest BCUT2D eigenvalue weighted by Gasteiger charge is 2.16. The monoisotopic (exact) mass is 527 g/mol. The van der Waals surface area contributed by atoms with Crippen LogP contribution in [0.5, 0.6) is 5.88 Å². The standard InChI is InChI=1S/C27H37N5O6/c1-27(2,3)38-22(33)11-14-35-16-18-36-17-15-34-13-8-7-12-32-20-29-23-24(32)30-26(28)31-25(23)37-19-21-9-5-4-6-10-21/h4-10,20H,11-19H2,1-3H3,(H2,28,30,31)/b8-7+. The highest BCUT2D eigenvalue weighted by molar-refractivity contribution is 5.77. The number of aromatic nitrogens is 4. The third kappa shape index (κ3) is 10.4. The molecule has 3 rings (SSSR count). The van der Waals surface area contributed by atoms with Crippen molar-refractivity contribution in [1.82, 2.24) is 19.5 Å². The first-order valence-corrected chi connectivity index (χ1v) is 12.6. The van der Waals surface area contributed by atoms with Crippen LogP contribution in [0, 0.1) is 0 Å². The smallest absolute Gasteiger partial charge is 0.308 e. The highest BCUT2D eigenvalue weighted by Crippen LogP contribution is 2.23. The topological polar surface area (TPSA) is 133 Å². The van der Waals surface area contributed by atoms with Crippen LogP contribution >= 0.6 is 0 Å². The van der Waals surface area contributed by atoms with Gasteiger partial charge in [0.2, 0.25) is 11.8 Å². The van der Waals surface area contributed by atoms with Gasteiger partial charge in [-0.1, -0.05) is 42.5 Å². The molecule has 0 aliphatic rings. The Hall–Kier alpha value is -3.54. The number of anilines is 1. The van der Waals surface area contributed by atoms with Crippen LogP contribution in [-0.2, 0) is 36.9 Å². The van der Waals surface area contributed by atoms with Gasteiger partial charge in [-0.25, -0.2) is 4.98 Å². The molecule has 0 atom stereocenters. The number of imidazole rings is 1. The zero-order valence-electron chi connectivity index (χ0n) is 22.3. The lowest BCUT2D eigenvalue weighted by atomic mass is 10.2. The van der Waals surface area contributed by atoms with Gasteiger partial charge in [0.15, 0.2) is 11.2 Å². The molecule has 2 N–H and O–H groups in total. The summed E-state index contributed by atoms with van der Waals surface area (Å²) in [6.45, 7) is 8.94. The number of nitrogen functional groups attached to an aromatic ring is 1. The van der Waals surface area contributed by atoms with Crippen molar-refractivity contribution in [3.63, 3.8) is 0 Å². The fourth-order valence-electron chi connectivity index (χ4n) is 3.29. The summed E-state index contributed by atoms with van der Waals surface area (Å²) in [6, 6.07) is 9.81. The molecule has 2 heterocycles. The first kappa shape index (κ1) is 29.0. The summed E-state index contributed by atoms with van der Waals surface area (Å²) in [5.41, 5.74) is 7.61. The summed E-state index contributed by atoms with van der Waals surface area (Å²) in [5, 5.41) is 0. The van der Waals surface area contributed by atoms with Crippen LogP contribution in [0.2, 0.25) is 0 Å². The minimum absolute atomic E-state index is 0.128. The SMILES string of the molecule is CC(C)(C)OC(=O)CCOCCOCCOC/C=C/Cn1cnc2c(OCc3ccccc3)nc(N)nc21. The van der Waals surface area contributed by atoms with Crippen molar-refractivity contribution in [2.24, 2.45) is 0 Å². The maximum Gasteiger partial charge on any atom is 0.308 e. The Labute approximate surface area is 222 Å². The molecule has 0 bridgehead atoms. The second-order valence-electron chi connectivity index (χ2n) is 9.34. The number of hydrogen-bond acceptors (Lipinski definition) is 10. The summed E-state index contributed by atoms with van der Waals surface area (Å²) >= 11 is 0. The fourth-order valence-corrected chi connectivity index (χ4v) is 3.29. The van der Waals surface area contributed by atoms with E-state index in [4.69, 9.17) is 29.4 Å². The predicted octanol–water partition coefficient (Wildman–Crippen LogP) is 3.33. The predicted molar refractivity (Wildman–Crippen MR) is 143 cm³/mol. The molecule has 0 saturated carbocycles. The summed E-state index contributed by atoms with van der Waals surface area (Å²) < 4.78 is 29.3. The van der Waals surface area contributed by atoms with Crippen molar-refractivity contribution < 1.29 is 28.5 Å². The van der Waals surface area contributed by atoms with Crippen molar-refractivity contribution in [3.05, 3.63) is 54.4 Å². The van der Waals surface area contributed by atoms with Gasteiger partial charge in [-0.15, -0.1) is 0 Å². The lowest BCUT2D eigenvalue weighted by molar-refractivity contribution is -0.156. The van der Waals surface area contributed by atoms with Crippen LogP contribution in [-0.4, -0.2) is 70.7 Å². The average Bonchev–Trinajstić information content (AvgIpc) is 3.27. The molecule has 0 unspecified atom stereocenters. The van der Waals surface area contributed by atoms with Gasteiger partial charge in [-0.05, 0) is 26.3 Å². The molecule has 2 aromatic heterocycles. The molecular formula is C27H37N5O6. The van der Waals surface area contributed by atoms with Crippen LogP contribution < -0.4 is 10.5 Å². The van der Waals surface area contributed by atoms with E-state index in [0.29, 0.717) is 69.8 Å². The highest BCUT2D eigenvalue weighted by atomic mass is 16.6. The molecule has 0 radical (unpaired) electrons. The summed E-state index contributed by atoms with van der Waals surface area (Å²) in [6.07, 6.45) is 5.79. The first-order chi connectivity index (χ1) is 18.3. The molecule has 0 fully saturated rings. The van der Waals surface area contributed by atoms with Crippen LogP contribution in [0.4, 0.5) is 5.95 Å².